The van der Waals surface area contributed by atoms with E-state index in [-0.39, 0.29) is 12.0 Å². The van der Waals surface area contributed by atoms with Gasteiger partial charge >= 0.3 is 0 Å². The van der Waals surface area contributed by atoms with Gasteiger partial charge in [0.05, 0.1) is 0 Å². The van der Waals surface area contributed by atoms with Crippen molar-refractivity contribution >= 4 is 18.1 Å². The maximum atomic E-state index is 8.36. The fraction of sp³-hybridized carbons (Fsp3) is 0.364. The summed E-state index contributed by atoms with van der Waals surface area (Å²) >= 11 is 5.85. The molecule has 0 aromatic heterocycles. The van der Waals surface area contributed by atoms with Gasteiger partial charge in [0.25, 0.3) is 6.47 Å². The first kappa shape index (κ1) is 12.0. The van der Waals surface area contributed by atoms with Crippen LogP contribution in [0.25, 0.3) is 0 Å². The number of hydrogen-bond acceptors (Lipinski definition) is 2. The topological polar surface area (TPSA) is 63.3 Å². The summed E-state index contributed by atoms with van der Waals surface area (Å²) in [7, 11) is 0. The lowest BCUT2D eigenvalue weighted by Crippen LogP contribution is -2.24. The highest BCUT2D eigenvalue weighted by Crippen LogP contribution is 2.35. The van der Waals surface area contributed by atoms with Crippen molar-refractivity contribution in [3.05, 3.63) is 34.9 Å². The molecule has 1 aromatic rings. The minimum Gasteiger partial charge on any atom is -0.483 e. The van der Waals surface area contributed by atoms with Crippen molar-refractivity contribution in [2.75, 3.05) is 0 Å². The predicted molar refractivity (Wildman–Crippen MR) is 60.0 cm³/mol. The third-order valence-electron chi connectivity index (χ3n) is 2.34. The van der Waals surface area contributed by atoms with Gasteiger partial charge in [0.15, 0.2) is 0 Å². The van der Waals surface area contributed by atoms with Gasteiger partial charge in [-0.1, -0.05) is 23.7 Å². The number of halogens is 1. The molecule has 0 bridgehead atoms. The summed E-state index contributed by atoms with van der Waals surface area (Å²) in [5, 5.41) is 7.69. The van der Waals surface area contributed by atoms with Crippen LogP contribution in [0.4, 0.5) is 0 Å². The number of nitrogens with two attached hydrogens (primary N) is 1. The molecule has 1 aliphatic carbocycles. The van der Waals surface area contributed by atoms with E-state index in [2.05, 4.69) is 6.07 Å². The van der Waals surface area contributed by atoms with Gasteiger partial charge in [0.2, 0.25) is 0 Å². The van der Waals surface area contributed by atoms with Crippen LogP contribution in [0.5, 0.6) is 0 Å². The van der Waals surface area contributed by atoms with Crippen molar-refractivity contribution in [2.45, 2.75) is 24.8 Å². The molecule has 0 spiro atoms. The molecule has 0 amide bonds. The molecule has 0 unspecified atom stereocenters. The van der Waals surface area contributed by atoms with Crippen LogP contribution < -0.4 is 5.73 Å². The van der Waals surface area contributed by atoms with Crippen molar-refractivity contribution in [2.24, 2.45) is 5.73 Å². The monoisotopic (exact) mass is 227 g/mol. The van der Waals surface area contributed by atoms with Crippen LogP contribution >= 0.6 is 11.6 Å². The molecule has 1 saturated carbocycles. The maximum Gasteiger partial charge on any atom is 0.290 e. The molecule has 3 N–H and O–H groups in total. The summed E-state index contributed by atoms with van der Waals surface area (Å²) < 4.78 is 0. The molecule has 4 heteroatoms. The first-order valence-electron chi connectivity index (χ1n) is 4.71. The average Bonchev–Trinajstić information content (AvgIpc) is 2.84. The summed E-state index contributed by atoms with van der Waals surface area (Å²) in [4.78, 5) is 8.36. The van der Waals surface area contributed by atoms with Crippen LogP contribution in [0.3, 0.4) is 0 Å². The molecule has 0 heterocycles. The predicted octanol–water partition coefficient (Wildman–Crippen LogP) is 2.07. The number of hydrogen-bond donors (Lipinski definition) is 2. The highest BCUT2D eigenvalue weighted by Gasteiger charge is 2.37. The molecule has 1 aromatic carbocycles. The van der Waals surface area contributed by atoms with Crippen molar-refractivity contribution in [3.8, 4) is 0 Å². The molecule has 0 saturated heterocycles. The normalized spacial score (nSPS) is 16.1. The summed E-state index contributed by atoms with van der Waals surface area (Å²) in [5.74, 6) is 0. The molecule has 0 atom stereocenters. The van der Waals surface area contributed by atoms with Crippen molar-refractivity contribution in [1.82, 2.24) is 0 Å². The van der Waals surface area contributed by atoms with Crippen molar-refractivity contribution < 1.29 is 9.90 Å². The molecular weight excluding hydrogens is 214 g/mol. The summed E-state index contributed by atoms with van der Waals surface area (Å²) in [5.41, 5.74) is 7.33. The molecule has 0 radical (unpaired) electrons. The molecule has 0 aliphatic heterocycles. The Hall–Kier alpha value is -1.06. The van der Waals surface area contributed by atoms with Crippen molar-refractivity contribution in [1.29, 1.82) is 0 Å². The van der Waals surface area contributed by atoms with Gasteiger partial charge in [-0.05, 0) is 37.0 Å². The SMILES string of the molecule is NC1(Cc2cccc(Cl)c2)CC1.O=CO. The van der Waals surface area contributed by atoms with Gasteiger partial charge in [0, 0.05) is 10.6 Å². The second-order valence-electron chi connectivity index (χ2n) is 3.77. The Morgan fingerprint density at radius 2 is 2.13 bits per heavy atom. The third-order valence-corrected chi connectivity index (χ3v) is 2.57. The fourth-order valence-electron chi connectivity index (χ4n) is 1.39. The minimum absolute atomic E-state index is 0.0880. The van der Waals surface area contributed by atoms with Crippen molar-refractivity contribution in [3.63, 3.8) is 0 Å². The molecule has 82 valence electrons. The lowest BCUT2D eigenvalue weighted by atomic mass is 10.1. The van der Waals surface area contributed by atoms with E-state index in [4.69, 9.17) is 27.2 Å². The second-order valence-corrected chi connectivity index (χ2v) is 4.21. The van der Waals surface area contributed by atoms with E-state index in [0.29, 0.717) is 0 Å². The van der Waals surface area contributed by atoms with Crippen LogP contribution in [0.2, 0.25) is 5.02 Å². The first-order chi connectivity index (χ1) is 7.09. The van der Waals surface area contributed by atoms with E-state index in [1.807, 2.05) is 18.2 Å². The molecule has 2 rings (SSSR count). The fourth-order valence-corrected chi connectivity index (χ4v) is 1.60. The Morgan fingerprint density at radius 1 is 1.53 bits per heavy atom. The highest BCUT2D eigenvalue weighted by atomic mass is 35.5. The zero-order chi connectivity index (χ0) is 11.3. The second kappa shape index (κ2) is 5.14. The third kappa shape index (κ3) is 4.32. The minimum atomic E-state index is -0.250. The number of carboxylic acid groups (broad SMARTS) is 1. The average molecular weight is 228 g/mol. The zero-order valence-electron chi connectivity index (χ0n) is 8.32. The lowest BCUT2D eigenvalue weighted by molar-refractivity contribution is -0.122. The Balaban J connectivity index is 0.000000337. The van der Waals surface area contributed by atoms with E-state index in [1.54, 1.807) is 0 Å². The number of rotatable bonds is 2. The van der Waals surface area contributed by atoms with E-state index >= 15 is 0 Å². The van der Waals surface area contributed by atoms with Gasteiger partial charge in [-0.25, -0.2) is 0 Å². The lowest BCUT2D eigenvalue weighted by Gasteiger charge is -2.07. The number of benzene rings is 1. The smallest absolute Gasteiger partial charge is 0.290 e. The summed E-state index contributed by atoms with van der Waals surface area (Å²) in [6.07, 6.45) is 3.27. The van der Waals surface area contributed by atoms with Crippen LogP contribution in [0, 0.1) is 0 Å². The van der Waals surface area contributed by atoms with E-state index < -0.39 is 0 Å². The van der Waals surface area contributed by atoms with Crippen LogP contribution in [-0.2, 0) is 11.2 Å². The largest absolute Gasteiger partial charge is 0.483 e. The maximum absolute atomic E-state index is 8.36. The van der Waals surface area contributed by atoms with E-state index in [0.717, 1.165) is 24.3 Å². The highest BCUT2D eigenvalue weighted by molar-refractivity contribution is 6.30. The number of carbonyl (C=O) groups is 1. The Bertz CT molecular complexity index is 337. The molecular formula is C11H14ClNO2. The standard InChI is InChI=1S/C10H12ClN.CH2O2/c11-9-3-1-2-8(6-9)7-10(12)4-5-10;2-1-3/h1-3,6H,4-5,7,12H2;1H,(H,2,3). The molecule has 3 nitrogen and oxygen atoms in total. The van der Waals surface area contributed by atoms with Gasteiger partial charge in [-0.3, -0.25) is 4.79 Å². The van der Waals surface area contributed by atoms with E-state index in [1.165, 1.54) is 5.56 Å². The quantitative estimate of drug-likeness (QED) is 0.761. The van der Waals surface area contributed by atoms with Crippen LogP contribution in [0.1, 0.15) is 18.4 Å². The molecule has 1 fully saturated rings. The van der Waals surface area contributed by atoms with Crippen LogP contribution in [-0.4, -0.2) is 17.1 Å². The molecule has 15 heavy (non-hydrogen) atoms. The first-order valence-corrected chi connectivity index (χ1v) is 5.09. The van der Waals surface area contributed by atoms with E-state index in [9.17, 15) is 0 Å². The summed E-state index contributed by atoms with van der Waals surface area (Å²) in [6, 6.07) is 7.94. The van der Waals surface area contributed by atoms with Gasteiger partial charge in [-0.2, -0.15) is 0 Å². The Labute approximate surface area is 93.9 Å². The zero-order valence-corrected chi connectivity index (χ0v) is 9.07. The van der Waals surface area contributed by atoms with Crippen LogP contribution in [0.15, 0.2) is 24.3 Å². The van der Waals surface area contributed by atoms with Gasteiger partial charge in [-0.15, -0.1) is 0 Å². The van der Waals surface area contributed by atoms with Gasteiger partial charge < -0.3 is 10.8 Å². The summed E-state index contributed by atoms with van der Waals surface area (Å²) in [6.45, 7) is -0.250. The van der Waals surface area contributed by atoms with Gasteiger partial charge in [0.1, 0.15) is 0 Å². The molecule has 1 aliphatic rings. The Kier molecular flexibility index (Phi) is 4.12. The Morgan fingerprint density at radius 3 is 2.60 bits per heavy atom.